The van der Waals surface area contributed by atoms with Crippen LogP contribution in [0.5, 0.6) is 0 Å². The van der Waals surface area contributed by atoms with E-state index >= 15 is 0 Å². The summed E-state index contributed by atoms with van der Waals surface area (Å²) in [7, 11) is 0. The lowest BCUT2D eigenvalue weighted by Crippen LogP contribution is -2.32. The predicted molar refractivity (Wildman–Crippen MR) is 95.2 cm³/mol. The zero-order valence-electron chi connectivity index (χ0n) is 14.7. The summed E-state index contributed by atoms with van der Waals surface area (Å²) in [6.45, 7) is -1.74. The second kappa shape index (κ2) is 9.73. The number of hydrogen-bond acceptors (Lipinski definition) is 5. The molecule has 11 heteroatoms. The third-order valence-corrected chi connectivity index (χ3v) is 3.56. The second-order valence-corrected chi connectivity index (χ2v) is 5.80. The summed E-state index contributed by atoms with van der Waals surface area (Å²) < 4.78 is 54.1. The van der Waals surface area contributed by atoms with Crippen molar-refractivity contribution in [2.24, 2.45) is 5.10 Å². The Morgan fingerprint density at radius 1 is 1.24 bits per heavy atom. The number of benzene rings is 2. The van der Waals surface area contributed by atoms with Crippen molar-refractivity contribution in [3.05, 3.63) is 75.3 Å². The van der Waals surface area contributed by atoms with Crippen molar-refractivity contribution < 1.29 is 32.0 Å². The van der Waals surface area contributed by atoms with Crippen LogP contribution in [0.15, 0.2) is 53.6 Å². The molecular formula is C18H15F4N3O4. The Morgan fingerprint density at radius 2 is 1.93 bits per heavy atom. The Labute approximate surface area is 162 Å². The molecule has 0 aliphatic rings. The summed E-state index contributed by atoms with van der Waals surface area (Å²) >= 11 is 0. The van der Waals surface area contributed by atoms with Crippen molar-refractivity contribution in [1.29, 1.82) is 0 Å². The molecule has 0 spiro atoms. The van der Waals surface area contributed by atoms with Gasteiger partial charge >= 0.3 is 12.3 Å². The van der Waals surface area contributed by atoms with Gasteiger partial charge in [-0.2, -0.15) is 13.9 Å². The molecule has 0 atom stereocenters. The molecule has 0 saturated heterocycles. The number of amides is 1. The Hall–Kier alpha value is -3.34. The molecule has 0 fully saturated rings. The van der Waals surface area contributed by atoms with E-state index in [0.29, 0.717) is 11.1 Å². The number of nitro groups is 1. The Morgan fingerprint density at radius 3 is 2.55 bits per heavy atom. The molecule has 2 rings (SSSR count). The number of halogens is 4. The third-order valence-electron chi connectivity index (χ3n) is 3.56. The first-order chi connectivity index (χ1) is 13.7. The molecule has 0 aromatic heterocycles. The maximum absolute atomic E-state index is 12.7. The van der Waals surface area contributed by atoms with Gasteiger partial charge in [0.15, 0.2) is 0 Å². The largest absolute Gasteiger partial charge is 0.370 e. The molecule has 1 amide bonds. The van der Waals surface area contributed by atoms with Crippen molar-refractivity contribution in [2.75, 3.05) is 6.61 Å². The van der Waals surface area contributed by atoms with Crippen LogP contribution in [0.1, 0.15) is 21.5 Å². The zero-order valence-corrected chi connectivity index (χ0v) is 14.7. The van der Waals surface area contributed by atoms with Crippen molar-refractivity contribution in [3.63, 3.8) is 0 Å². The normalized spacial score (nSPS) is 11.8. The van der Waals surface area contributed by atoms with Crippen molar-refractivity contribution in [3.8, 4) is 0 Å². The van der Waals surface area contributed by atoms with E-state index in [1.165, 1.54) is 48.7 Å². The fraction of sp³-hybridized carbons (Fsp3) is 0.222. The Bertz CT molecular complexity index is 889. The van der Waals surface area contributed by atoms with Gasteiger partial charge in [-0.05, 0) is 17.7 Å². The molecule has 0 heterocycles. The van der Waals surface area contributed by atoms with E-state index in [9.17, 15) is 32.5 Å². The molecule has 2 aromatic carbocycles. The second-order valence-electron chi connectivity index (χ2n) is 5.80. The number of alkyl halides is 4. The molecule has 1 N–H and O–H groups in total. The van der Waals surface area contributed by atoms with E-state index < -0.39 is 29.8 Å². The van der Waals surface area contributed by atoms with Gasteiger partial charge in [-0.15, -0.1) is 0 Å². The molecule has 154 valence electrons. The number of non-ortho nitro benzene ring substituents is 1. The van der Waals surface area contributed by atoms with Crippen LogP contribution >= 0.6 is 0 Å². The number of nitrogens with one attached hydrogen (secondary N) is 1. The molecule has 0 unspecified atom stereocenters. The molecule has 0 saturated carbocycles. The van der Waals surface area contributed by atoms with Crippen LogP contribution in [-0.2, 0) is 11.3 Å². The van der Waals surface area contributed by atoms with Crippen LogP contribution in [0.3, 0.4) is 0 Å². The van der Waals surface area contributed by atoms with E-state index in [0.717, 1.165) is 0 Å². The molecule has 7 nitrogen and oxygen atoms in total. The number of ether oxygens (including phenoxy) is 1. The highest BCUT2D eigenvalue weighted by Gasteiger charge is 2.40. The molecular weight excluding hydrogens is 398 g/mol. The van der Waals surface area contributed by atoms with Gasteiger partial charge in [0.2, 0.25) is 0 Å². The molecule has 0 aliphatic heterocycles. The van der Waals surface area contributed by atoms with E-state index in [4.69, 9.17) is 0 Å². The van der Waals surface area contributed by atoms with E-state index in [1.54, 1.807) is 6.07 Å². The van der Waals surface area contributed by atoms with Crippen LogP contribution < -0.4 is 5.43 Å². The standard InChI is InChI=1S/C18H15F4N3O4/c19-17(20)18(21,22)11-29-10-12-4-6-14(7-5-12)16(26)24-23-9-13-2-1-3-15(8-13)25(27)28/h1-9,17H,10-11H2,(H,24,26)/b23-9+. The summed E-state index contributed by atoms with van der Waals surface area (Å²) in [6.07, 6.45) is -2.58. The number of carbonyl (C=O) groups excluding carboxylic acids is 1. The van der Waals surface area contributed by atoms with Gasteiger partial charge in [0.05, 0.1) is 17.7 Å². The number of nitro benzene ring substituents is 1. The Balaban J connectivity index is 1.87. The lowest BCUT2D eigenvalue weighted by Gasteiger charge is -2.15. The quantitative estimate of drug-likeness (QED) is 0.293. The van der Waals surface area contributed by atoms with E-state index in [-0.39, 0.29) is 17.9 Å². The van der Waals surface area contributed by atoms with Crippen LogP contribution in [0.4, 0.5) is 23.2 Å². The highest BCUT2D eigenvalue weighted by atomic mass is 19.3. The number of hydrogen-bond donors (Lipinski definition) is 1. The van der Waals surface area contributed by atoms with E-state index in [2.05, 4.69) is 15.3 Å². The Kier molecular flexibility index (Phi) is 7.37. The first-order valence-electron chi connectivity index (χ1n) is 8.09. The molecule has 0 aliphatic carbocycles. The summed E-state index contributed by atoms with van der Waals surface area (Å²) in [5.41, 5.74) is 3.13. The van der Waals surface area contributed by atoms with Gasteiger partial charge in [-0.25, -0.2) is 14.2 Å². The average molecular weight is 413 g/mol. The number of carbonyl (C=O) groups is 1. The average Bonchev–Trinajstić information content (AvgIpc) is 2.68. The smallest absolute Gasteiger partial charge is 0.330 e. The monoisotopic (exact) mass is 413 g/mol. The van der Waals surface area contributed by atoms with Crippen molar-refractivity contribution in [2.45, 2.75) is 19.0 Å². The lowest BCUT2D eigenvalue weighted by atomic mass is 10.1. The van der Waals surface area contributed by atoms with Crippen LogP contribution in [0.2, 0.25) is 0 Å². The highest BCUT2D eigenvalue weighted by Crippen LogP contribution is 2.23. The molecule has 29 heavy (non-hydrogen) atoms. The van der Waals surface area contributed by atoms with Gasteiger partial charge in [0.25, 0.3) is 11.6 Å². The van der Waals surface area contributed by atoms with Gasteiger partial charge in [-0.3, -0.25) is 14.9 Å². The van der Waals surface area contributed by atoms with Crippen molar-refractivity contribution in [1.82, 2.24) is 5.43 Å². The lowest BCUT2D eigenvalue weighted by molar-refractivity contribution is -0.384. The van der Waals surface area contributed by atoms with Gasteiger partial charge < -0.3 is 4.74 Å². The summed E-state index contributed by atoms with van der Waals surface area (Å²) in [4.78, 5) is 22.1. The first-order valence-corrected chi connectivity index (χ1v) is 8.09. The first kappa shape index (κ1) is 22.0. The topological polar surface area (TPSA) is 93.8 Å². The van der Waals surface area contributed by atoms with E-state index in [1.807, 2.05) is 0 Å². The number of nitrogens with zero attached hydrogens (tertiary/aromatic N) is 2. The predicted octanol–water partition coefficient (Wildman–Crippen LogP) is 3.78. The maximum atomic E-state index is 12.7. The van der Waals surface area contributed by atoms with Gasteiger partial charge in [0, 0.05) is 23.3 Å². The number of rotatable bonds is 9. The summed E-state index contributed by atoms with van der Waals surface area (Å²) in [6, 6.07) is 11.2. The third kappa shape index (κ3) is 6.64. The van der Waals surface area contributed by atoms with Crippen molar-refractivity contribution >= 4 is 17.8 Å². The minimum atomic E-state index is -4.23. The SMILES string of the molecule is O=C(N/N=C/c1cccc([N+](=O)[O-])c1)c1ccc(COCC(F)(F)C(F)F)cc1. The van der Waals surface area contributed by atoms with Crippen LogP contribution in [-0.4, -0.2) is 36.0 Å². The zero-order chi connectivity index (χ0) is 21.4. The molecule has 2 aromatic rings. The van der Waals surface area contributed by atoms with Crippen LogP contribution in [0.25, 0.3) is 0 Å². The maximum Gasteiger partial charge on any atom is 0.330 e. The van der Waals surface area contributed by atoms with Gasteiger partial charge in [0.1, 0.15) is 6.61 Å². The minimum absolute atomic E-state index is 0.121. The molecule has 0 radical (unpaired) electrons. The fourth-order valence-corrected chi connectivity index (χ4v) is 2.07. The van der Waals surface area contributed by atoms with Crippen LogP contribution in [0, 0.1) is 10.1 Å². The number of hydrazone groups is 1. The summed E-state index contributed by atoms with van der Waals surface area (Å²) in [5.74, 6) is -4.81. The molecule has 0 bridgehead atoms. The fourth-order valence-electron chi connectivity index (χ4n) is 2.07. The minimum Gasteiger partial charge on any atom is -0.370 e. The van der Waals surface area contributed by atoms with Gasteiger partial charge in [-0.1, -0.05) is 24.3 Å². The highest BCUT2D eigenvalue weighted by molar-refractivity contribution is 5.94. The summed E-state index contributed by atoms with van der Waals surface area (Å²) in [5, 5.41) is 14.4.